The fourth-order valence-corrected chi connectivity index (χ4v) is 6.36. The number of aromatic nitrogens is 1. The second kappa shape index (κ2) is 10.2. The average molecular weight is 579 g/mol. The Labute approximate surface area is 259 Å². The summed E-state index contributed by atoms with van der Waals surface area (Å²) in [6, 6.07) is 54.4. The fraction of sp³-hybridized carbons (Fsp3) is 0. The van der Waals surface area contributed by atoms with Crippen LogP contribution in [0.15, 0.2) is 167 Å². The molecule has 45 heavy (non-hydrogen) atoms. The van der Waals surface area contributed by atoms with Crippen molar-refractivity contribution in [3.63, 3.8) is 0 Å². The standard InChI is InChI=1S/C41H26N2O2/c1-3-12-27(13-4-1)29-16-11-17-30(24-29)43(31-22-23-34-33-19-9-10-21-38(33)44-39(34)25-31)37-26-36-40(35-20-8-7-18-32(35)37)45-41(42-36)28-14-5-2-6-15-28/h1-26H. The van der Waals surface area contributed by atoms with E-state index in [1.54, 1.807) is 0 Å². The summed E-state index contributed by atoms with van der Waals surface area (Å²) in [6.45, 7) is 0. The average Bonchev–Trinajstić information content (AvgIpc) is 3.71. The van der Waals surface area contributed by atoms with Crippen LogP contribution in [0.3, 0.4) is 0 Å². The lowest BCUT2D eigenvalue weighted by molar-refractivity contribution is 0.623. The molecule has 4 heteroatoms. The molecule has 0 amide bonds. The van der Waals surface area contributed by atoms with Crippen molar-refractivity contribution in [2.45, 2.75) is 0 Å². The quantitative estimate of drug-likeness (QED) is 0.204. The van der Waals surface area contributed by atoms with Crippen molar-refractivity contribution in [2.75, 3.05) is 4.90 Å². The maximum atomic E-state index is 6.44. The Morgan fingerprint density at radius 2 is 1.07 bits per heavy atom. The van der Waals surface area contributed by atoms with Gasteiger partial charge in [-0.25, -0.2) is 4.98 Å². The third-order valence-electron chi connectivity index (χ3n) is 8.47. The zero-order valence-corrected chi connectivity index (χ0v) is 24.2. The number of anilines is 3. The maximum absolute atomic E-state index is 6.44. The van der Waals surface area contributed by atoms with E-state index in [1.165, 1.54) is 0 Å². The summed E-state index contributed by atoms with van der Waals surface area (Å²) in [4.78, 5) is 7.30. The zero-order valence-electron chi connectivity index (χ0n) is 24.2. The van der Waals surface area contributed by atoms with Crippen molar-refractivity contribution in [2.24, 2.45) is 0 Å². The predicted molar refractivity (Wildman–Crippen MR) is 184 cm³/mol. The molecular weight excluding hydrogens is 552 g/mol. The molecule has 9 aromatic rings. The highest BCUT2D eigenvalue weighted by Gasteiger charge is 2.22. The first-order valence-corrected chi connectivity index (χ1v) is 15.0. The van der Waals surface area contributed by atoms with Crippen LogP contribution >= 0.6 is 0 Å². The molecule has 0 radical (unpaired) electrons. The van der Waals surface area contributed by atoms with Crippen LogP contribution in [0.4, 0.5) is 17.1 Å². The molecular formula is C41H26N2O2. The number of oxazole rings is 1. The van der Waals surface area contributed by atoms with Crippen molar-refractivity contribution in [3.8, 4) is 22.6 Å². The lowest BCUT2D eigenvalue weighted by Gasteiger charge is -2.27. The van der Waals surface area contributed by atoms with Gasteiger partial charge >= 0.3 is 0 Å². The molecule has 0 saturated heterocycles. The minimum atomic E-state index is 0.606. The smallest absolute Gasteiger partial charge is 0.227 e. The number of benzene rings is 7. The van der Waals surface area contributed by atoms with Gasteiger partial charge in [0.15, 0.2) is 5.58 Å². The van der Waals surface area contributed by atoms with Gasteiger partial charge in [-0.15, -0.1) is 0 Å². The van der Waals surface area contributed by atoms with Crippen LogP contribution in [-0.4, -0.2) is 4.98 Å². The maximum Gasteiger partial charge on any atom is 0.227 e. The largest absolute Gasteiger partial charge is 0.456 e. The highest BCUT2D eigenvalue weighted by molar-refractivity contribution is 6.12. The molecule has 0 aliphatic carbocycles. The Morgan fingerprint density at radius 1 is 0.422 bits per heavy atom. The van der Waals surface area contributed by atoms with E-state index in [1.807, 2.05) is 48.5 Å². The Bertz CT molecular complexity index is 2490. The summed E-state index contributed by atoms with van der Waals surface area (Å²) in [5.74, 6) is 0.606. The van der Waals surface area contributed by atoms with Crippen LogP contribution in [0, 0.1) is 0 Å². The van der Waals surface area contributed by atoms with E-state index in [9.17, 15) is 0 Å². The molecule has 0 unspecified atom stereocenters. The van der Waals surface area contributed by atoms with Gasteiger partial charge in [0.1, 0.15) is 16.7 Å². The summed E-state index contributed by atoms with van der Waals surface area (Å²) < 4.78 is 12.8. The van der Waals surface area contributed by atoms with Gasteiger partial charge in [-0.05, 0) is 59.7 Å². The number of hydrogen-bond donors (Lipinski definition) is 0. The number of rotatable bonds is 5. The second-order valence-electron chi connectivity index (χ2n) is 11.2. The lowest BCUT2D eigenvalue weighted by atomic mass is 10.0. The van der Waals surface area contributed by atoms with Gasteiger partial charge in [-0.1, -0.05) is 103 Å². The van der Waals surface area contributed by atoms with E-state index in [4.69, 9.17) is 13.8 Å². The summed E-state index contributed by atoms with van der Waals surface area (Å²) in [5.41, 5.74) is 9.58. The van der Waals surface area contributed by atoms with E-state index in [2.05, 4.69) is 114 Å². The predicted octanol–water partition coefficient (Wildman–Crippen LogP) is 11.7. The van der Waals surface area contributed by atoms with Crippen LogP contribution in [0.5, 0.6) is 0 Å². The van der Waals surface area contributed by atoms with Crippen LogP contribution < -0.4 is 4.90 Å². The number of nitrogens with zero attached hydrogens (tertiary/aromatic N) is 2. The molecule has 0 spiro atoms. The molecule has 0 atom stereocenters. The Balaban J connectivity index is 1.31. The SMILES string of the molecule is c1ccc(-c2cccc(N(c3ccc4c(c3)oc3ccccc34)c3cc4nc(-c5ccccc5)oc4c4ccccc34)c2)cc1. The van der Waals surface area contributed by atoms with Gasteiger partial charge in [0.2, 0.25) is 5.89 Å². The Kier molecular flexibility index (Phi) is 5.78. The Hall–Kier alpha value is -6.13. The zero-order chi connectivity index (χ0) is 29.7. The monoisotopic (exact) mass is 578 g/mol. The Morgan fingerprint density at radius 3 is 1.89 bits per heavy atom. The number of fused-ring (bicyclic) bond motifs is 6. The van der Waals surface area contributed by atoms with Crippen molar-refractivity contribution < 1.29 is 8.83 Å². The van der Waals surface area contributed by atoms with Crippen LogP contribution in [-0.2, 0) is 0 Å². The molecule has 0 N–H and O–H groups in total. The minimum Gasteiger partial charge on any atom is -0.456 e. The first-order valence-electron chi connectivity index (χ1n) is 15.0. The summed E-state index contributed by atoms with van der Waals surface area (Å²) in [6.07, 6.45) is 0. The van der Waals surface area contributed by atoms with E-state index in [-0.39, 0.29) is 0 Å². The van der Waals surface area contributed by atoms with Gasteiger partial charge in [-0.3, -0.25) is 0 Å². The van der Waals surface area contributed by atoms with Crippen molar-refractivity contribution in [3.05, 3.63) is 158 Å². The van der Waals surface area contributed by atoms with E-state index in [0.717, 1.165) is 77.6 Å². The van der Waals surface area contributed by atoms with Gasteiger partial charge in [0.05, 0.1) is 5.69 Å². The number of furan rings is 1. The van der Waals surface area contributed by atoms with Crippen molar-refractivity contribution in [1.82, 2.24) is 4.98 Å². The summed E-state index contributed by atoms with van der Waals surface area (Å²) in [7, 11) is 0. The van der Waals surface area contributed by atoms with Crippen LogP contribution in [0.2, 0.25) is 0 Å². The normalized spacial score (nSPS) is 11.6. The highest BCUT2D eigenvalue weighted by atomic mass is 16.3. The lowest BCUT2D eigenvalue weighted by Crippen LogP contribution is -2.10. The number of para-hydroxylation sites is 1. The molecule has 9 rings (SSSR count). The third-order valence-corrected chi connectivity index (χ3v) is 8.47. The van der Waals surface area contributed by atoms with E-state index < -0.39 is 0 Å². The van der Waals surface area contributed by atoms with Crippen molar-refractivity contribution in [1.29, 1.82) is 0 Å². The molecule has 0 bridgehead atoms. The van der Waals surface area contributed by atoms with E-state index in [0.29, 0.717) is 5.89 Å². The molecule has 0 aliphatic rings. The molecule has 7 aromatic carbocycles. The van der Waals surface area contributed by atoms with Gasteiger partial charge in [0, 0.05) is 44.5 Å². The summed E-state index contributed by atoms with van der Waals surface area (Å²) in [5, 5.41) is 4.28. The molecule has 0 fully saturated rings. The van der Waals surface area contributed by atoms with Crippen LogP contribution in [0.25, 0.3) is 66.4 Å². The van der Waals surface area contributed by atoms with Gasteiger partial charge < -0.3 is 13.7 Å². The van der Waals surface area contributed by atoms with Crippen LogP contribution in [0.1, 0.15) is 0 Å². The molecule has 0 saturated carbocycles. The molecule has 0 aliphatic heterocycles. The van der Waals surface area contributed by atoms with Gasteiger partial charge in [-0.2, -0.15) is 0 Å². The molecule has 4 nitrogen and oxygen atoms in total. The van der Waals surface area contributed by atoms with Gasteiger partial charge in [0.25, 0.3) is 0 Å². The first-order chi connectivity index (χ1) is 22.3. The highest BCUT2D eigenvalue weighted by Crippen LogP contribution is 2.44. The molecule has 2 aromatic heterocycles. The fourth-order valence-electron chi connectivity index (χ4n) is 6.36. The van der Waals surface area contributed by atoms with Crippen molar-refractivity contribution >= 4 is 60.9 Å². The first kappa shape index (κ1) is 25.4. The summed E-state index contributed by atoms with van der Waals surface area (Å²) >= 11 is 0. The van der Waals surface area contributed by atoms with E-state index >= 15 is 0 Å². The number of hydrogen-bond acceptors (Lipinski definition) is 4. The topological polar surface area (TPSA) is 42.4 Å². The minimum absolute atomic E-state index is 0.606. The molecule has 212 valence electrons. The molecule has 2 heterocycles. The third kappa shape index (κ3) is 4.27. The second-order valence-corrected chi connectivity index (χ2v) is 11.2.